The molecule has 0 aliphatic rings. The van der Waals surface area contributed by atoms with Crippen molar-refractivity contribution in [2.75, 3.05) is 0 Å². The molecule has 2 aromatic carbocycles. The monoisotopic (exact) mass is 476 g/mol. The van der Waals surface area contributed by atoms with E-state index in [1.165, 1.54) is 74.5 Å². The van der Waals surface area contributed by atoms with Gasteiger partial charge in [0.2, 0.25) is 0 Å². The number of carbonyl (C=O) groups excluding carboxylic acids is 1. The zero-order chi connectivity index (χ0) is 24.2. The van der Waals surface area contributed by atoms with Crippen molar-refractivity contribution >= 4 is 17.2 Å². The molecule has 182 valence electrons. The van der Waals surface area contributed by atoms with E-state index in [-0.39, 0.29) is 5.91 Å². The van der Waals surface area contributed by atoms with Crippen molar-refractivity contribution in [2.24, 2.45) is 4.99 Å². The lowest BCUT2D eigenvalue weighted by Gasteiger charge is -2.12. The van der Waals surface area contributed by atoms with Gasteiger partial charge in [-0.2, -0.15) is 4.99 Å². The van der Waals surface area contributed by atoms with Gasteiger partial charge in [-0.25, -0.2) is 0 Å². The number of carbonyl (C=O) groups is 1. The summed E-state index contributed by atoms with van der Waals surface area (Å²) in [4.78, 5) is 18.1. The first-order chi connectivity index (χ1) is 16.6. The Morgan fingerprint density at radius 1 is 0.853 bits per heavy atom. The molecule has 0 unspecified atom stereocenters. The molecule has 0 saturated carbocycles. The Balaban J connectivity index is 1.69. The van der Waals surface area contributed by atoms with Gasteiger partial charge in [0.15, 0.2) is 4.80 Å². The molecule has 1 heterocycles. The summed E-state index contributed by atoms with van der Waals surface area (Å²) in [5.41, 5.74) is 5.55. The topological polar surface area (TPSA) is 34.4 Å². The highest BCUT2D eigenvalue weighted by Crippen LogP contribution is 2.25. The van der Waals surface area contributed by atoms with E-state index in [0.29, 0.717) is 5.56 Å². The Labute approximate surface area is 209 Å². The van der Waals surface area contributed by atoms with Gasteiger partial charge in [-0.05, 0) is 38.0 Å². The van der Waals surface area contributed by atoms with Gasteiger partial charge in [-0.3, -0.25) is 4.79 Å². The van der Waals surface area contributed by atoms with Crippen LogP contribution in [-0.4, -0.2) is 10.5 Å². The first kappa shape index (κ1) is 26.2. The molecule has 1 amide bonds. The molecule has 0 aliphatic heterocycles. The van der Waals surface area contributed by atoms with Crippen molar-refractivity contribution in [1.29, 1.82) is 0 Å². The second kappa shape index (κ2) is 14.1. The molecule has 0 spiro atoms. The lowest BCUT2D eigenvalue weighted by Crippen LogP contribution is -2.18. The molecule has 0 bridgehead atoms. The summed E-state index contributed by atoms with van der Waals surface area (Å²) >= 11 is 1.56. The van der Waals surface area contributed by atoms with Crippen LogP contribution < -0.4 is 4.80 Å². The molecule has 4 heteroatoms. The van der Waals surface area contributed by atoms with Crippen LogP contribution in [0.15, 0.2) is 58.9 Å². The average Bonchev–Trinajstić information content (AvgIpc) is 3.22. The van der Waals surface area contributed by atoms with Crippen molar-refractivity contribution in [3.8, 4) is 11.3 Å². The zero-order valence-electron chi connectivity index (χ0n) is 21.2. The van der Waals surface area contributed by atoms with E-state index in [9.17, 15) is 4.79 Å². The summed E-state index contributed by atoms with van der Waals surface area (Å²) in [5, 5.41) is 2.16. The first-order valence-electron chi connectivity index (χ1n) is 13.0. The van der Waals surface area contributed by atoms with Crippen LogP contribution in [0.2, 0.25) is 0 Å². The highest BCUT2D eigenvalue weighted by Gasteiger charge is 2.12. The van der Waals surface area contributed by atoms with Crippen molar-refractivity contribution in [3.63, 3.8) is 0 Å². The van der Waals surface area contributed by atoms with Gasteiger partial charge in [0.25, 0.3) is 5.91 Å². The van der Waals surface area contributed by atoms with Crippen molar-refractivity contribution in [1.82, 2.24) is 4.57 Å². The van der Waals surface area contributed by atoms with E-state index < -0.39 is 0 Å². The Kier molecular flexibility index (Phi) is 10.8. The number of thiazole rings is 1. The zero-order valence-corrected chi connectivity index (χ0v) is 22.0. The minimum atomic E-state index is -0.175. The second-order valence-electron chi connectivity index (χ2n) is 9.34. The summed E-state index contributed by atoms with van der Waals surface area (Å²) in [7, 11) is 0. The molecule has 0 fully saturated rings. The smallest absolute Gasteiger partial charge is 0.279 e. The largest absolute Gasteiger partial charge is 0.316 e. The Bertz CT molecular complexity index is 1090. The van der Waals surface area contributed by atoms with Crippen molar-refractivity contribution < 1.29 is 4.79 Å². The maximum Gasteiger partial charge on any atom is 0.279 e. The van der Waals surface area contributed by atoms with Crippen molar-refractivity contribution in [3.05, 3.63) is 75.4 Å². The molecule has 0 N–H and O–H groups in total. The fraction of sp³-hybridized carbons (Fsp3) is 0.467. The number of unbranched alkanes of at least 4 members (excludes halogenated alkanes) is 9. The Hall–Kier alpha value is -2.46. The second-order valence-corrected chi connectivity index (χ2v) is 10.2. The normalized spacial score (nSPS) is 11.8. The molecule has 0 saturated heterocycles. The molecule has 1 aromatic heterocycles. The third-order valence-electron chi connectivity index (χ3n) is 6.41. The number of nitrogens with zero attached hydrogens (tertiary/aromatic N) is 2. The minimum absolute atomic E-state index is 0.175. The van der Waals surface area contributed by atoms with E-state index >= 15 is 0 Å². The predicted octanol–water partition coefficient (Wildman–Crippen LogP) is 8.50. The quantitative estimate of drug-likeness (QED) is 0.228. The molecule has 3 rings (SSSR count). The average molecular weight is 477 g/mol. The predicted molar refractivity (Wildman–Crippen MR) is 145 cm³/mol. The fourth-order valence-corrected chi connectivity index (χ4v) is 5.36. The van der Waals surface area contributed by atoms with Gasteiger partial charge in [-0.15, -0.1) is 11.3 Å². The number of amides is 1. The van der Waals surface area contributed by atoms with Gasteiger partial charge in [0, 0.05) is 23.1 Å². The highest BCUT2D eigenvalue weighted by atomic mass is 32.1. The Morgan fingerprint density at radius 2 is 1.50 bits per heavy atom. The van der Waals surface area contributed by atoms with Crippen molar-refractivity contribution in [2.45, 2.75) is 91.5 Å². The van der Waals surface area contributed by atoms with Crippen LogP contribution in [0.4, 0.5) is 0 Å². The first-order valence-corrected chi connectivity index (χ1v) is 13.9. The van der Waals surface area contributed by atoms with Gasteiger partial charge in [0.1, 0.15) is 0 Å². The number of hydrogen-bond acceptors (Lipinski definition) is 2. The van der Waals surface area contributed by atoms with E-state index in [2.05, 4.69) is 53.9 Å². The van der Waals surface area contributed by atoms with Crippen LogP contribution in [0.25, 0.3) is 11.3 Å². The molecular formula is C30H40N2OS. The summed E-state index contributed by atoms with van der Waals surface area (Å²) < 4.78 is 2.26. The van der Waals surface area contributed by atoms with E-state index in [4.69, 9.17) is 0 Å². The maximum atomic E-state index is 12.8. The maximum absolute atomic E-state index is 12.8. The summed E-state index contributed by atoms with van der Waals surface area (Å²) in [5.74, 6) is -0.175. The van der Waals surface area contributed by atoms with Gasteiger partial charge >= 0.3 is 0 Å². The molecule has 34 heavy (non-hydrogen) atoms. The van der Waals surface area contributed by atoms with Crippen LogP contribution >= 0.6 is 11.3 Å². The third kappa shape index (κ3) is 7.80. The number of benzene rings is 2. The molecule has 3 nitrogen and oxygen atoms in total. The molecular weight excluding hydrogens is 436 g/mol. The fourth-order valence-electron chi connectivity index (χ4n) is 4.44. The molecule has 0 atom stereocenters. The minimum Gasteiger partial charge on any atom is -0.316 e. The highest BCUT2D eigenvalue weighted by molar-refractivity contribution is 7.07. The molecule has 3 aromatic rings. The van der Waals surface area contributed by atoms with E-state index in [1.54, 1.807) is 11.3 Å². The standard InChI is InChI=1S/C30H40N2OS/c1-4-5-6-7-8-9-10-11-12-16-21-32-28(27-20-19-24(2)22-25(27)3)23-34-30(32)31-29(33)26-17-14-13-15-18-26/h13-15,17-20,22-23H,4-12,16,21H2,1-3H3/b31-30+. The summed E-state index contributed by atoms with van der Waals surface area (Å²) in [6.07, 6.45) is 13.1. The Morgan fingerprint density at radius 3 is 2.15 bits per heavy atom. The van der Waals surface area contributed by atoms with Gasteiger partial charge < -0.3 is 4.57 Å². The van der Waals surface area contributed by atoms with Gasteiger partial charge in [-0.1, -0.05) is 107 Å². The van der Waals surface area contributed by atoms with Crippen LogP contribution in [0.1, 0.15) is 92.6 Å². The number of hydrogen-bond donors (Lipinski definition) is 0. The number of rotatable bonds is 13. The SMILES string of the molecule is CCCCCCCCCCCCn1c(-c2ccc(C)cc2C)cs/c1=N/C(=O)c1ccccc1. The lowest BCUT2D eigenvalue weighted by atomic mass is 10.0. The third-order valence-corrected chi connectivity index (χ3v) is 7.27. The number of aromatic nitrogens is 1. The summed E-state index contributed by atoms with van der Waals surface area (Å²) in [6, 6.07) is 15.9. The van der Waals surface area contributed by atoms with Crippen LogP contribution in [0, 0.1) is 13.8 Å². The van der Waals surface area contributed by atoms with E-state index in [1.807, 2.05) is 30.3 Å². The van der Waals surface area contributed by atoms with Crippen LogP contribution in [-0.2, 0) is 6.54 Å². The van der Waals surface area contributed by atoms with Gasteiger partial charge in [0.05, 0.1) is 5.69 Å². The number of aryl methyl sites for hydroxylation is 2. The van der Waals surface area contributed by atoms with Crippen LogP contribution in [0.5, 0.6) is 0 Å². The van der Waals surface area contributed by atoms with E-state index in [0.717, 1.165) is 23.5 Å². The molecule has 0 aliphatic carbocycles. The lowest BCUT2D eigenvalue weighted by molar-refractivity contribution is 0.0997. The van der Waals surface area contributed by atoms with Crippen LogP contribution in [0.3, 0.4) is 0 Å². The summed E-state index contributed by atoms with van der Waals surface area (Å²) in [6.45, 7) is 7.45. The molecule has 0 radical (unpaired) electrons.